The molecule has 1 amide bonds. The molecular formula is C24H26ClNO4. The zero-order chi connectivity index (χ0) is 21.8. The standard InChI is InChI=1S/C24H26ClNO4/c1-4-6-13-26-21(17-10-8-7-9-15(17)3)20(23(28)24(26)29)22(27)16-11-12-18(25)19(14-16)30-5-2/h7-12,14,21,27H,4-6,13H2,1-3H3/b22-20+. The molecule has 0 spiro atoms. The zero-order valence-electron chi connectivity index (χ0n) is 17.4. The number of nitrogens with zero attached hydrogens (tertiary/aromatic N) is 1. The Balaban J connectivity index is 2.19. The Morgan fingerprint density at radius 1 is 1.17 bits per heavy atom. The lowest BCUT2D eigenvalue weighted by molar-refractivity contribution is -0.139. The average molecular weight is 428 g/mol. The van der Waals surface area contributed by atoms with E-state index in [0.717, 1.165) is 24.0 Å². The van der Waals surface area contributed by atoms with Gasteiger partial charge >= 0.3 is 0 Å². The number of ketones is 1. The summed E-state index contributed by atoms with van der Waals surface area (Å²) in [5.41, 5.74) is 2.25. The van der Waals surface area contributed by atoms with Gasteiger partial charge in [0, 0.05) is 12.1 Å². The van der Waals surface area contributed by atoms with Gasteiger partial charge in [-0.3, -0.25) is 9.59 Å². The van der Waals surface area contributed by atoms with E-state index in [1.165, 1.54) is 0 Å². The number of halogens is 1. The smallest absolute Gasteiger partial charge is 0.295 e. The van der Waals surface area contributed by atoms with Crippen molar-refractivity contribution in [1.82, 2.24) is 4.90 Å². The van der Waals surface area contributed by atoms with Gasteiger partial charge in [-0.1, -0.05) is 49.2 Å². The molecule has 5 nitrogen and oxygen atoms in total. The number of amides is 1. The van der Waals surface area contributed by atoms with Crippen molar-refractivity contribution in [3.8, 4) is 5.75 Å². The maximum Gasteiger partial charge on any atom is 0.295 e. The van der Waals surface area contributed by atoms with Gasteiger partial charge in [-0.2, -0.15) is 0 Å². The minimum Gasteiger partial charge on any atom is -0.507 e. The topological polar surface area (TPSA) is 66.8 Å². The summed E-state index contributed by atoms with van der Waals surface area (Å²) in [4.78, 5) is 27.4. The molecule has 3 rings (SSSR count). The summed E-state index contributed by atoms with van der Waals surface area (Å²) in [6.45, 7) is 6.66. The minimum absolute atomic E-state index is 0.0928. The largest absolute Gasteiger partial charge is 0.507 e. The van der Waals surface area contributed by atoms with Gasteiger partial charge in [0.25, 0.3) is 11.7 Å². The number of unbranched alkanes of at least 4 members (excludes halogenated alkanes) is 1. The van der Waals surface area contributed by atoms with Crippen molar-refractivity contribution in [3.05, 3.63) is 69.8 Å². The van der Waals surface area contributed by atoms with Crippen LogP contribution in [0.15, 0.2) is 48.0 Å². The molecule has 1 aliphatic heterocycles. The van der Waals surface area contributed by atoms with Crippen LogP contribution in [-0.2, 0) is 9.59 Å². The lowest BCUT2D eigenvalue weighted by Crippen LogP contribution is -2.30. The number of hydrogen-bond donors (Lipinski definition) is 1. The van der Waals surface area contributed by atoms with E-state index in [1.807, 2.05) is 45.0 Å². The summed E-state index contributed by atoms with van der Waals surface area (Å²) in [7, 11) is 0. The van der Waals surface area contributed by atoms with Gasteiger partial charge in [0.2, 0.25) is 0 Å². The van der Waals surface area contributed by atoms with Crippen molar-refractivity contribution in [2.45, 2.75) is 39.7 Å². The predicted octanol–water partition coefficient (Wildman–Crippen LogP) is 5.27. The van der Waals surface area contributed by atoms with Crippen LogP contribution in [0.25, 0.3) is 5.76 Å². The van der Waals surface area contributed by atoms with Gasteiger partial charge in [-0.05, 0) is 49.6 Å². The highest BCUT2D eigenvalue weighted by molar-refractivity contribution is 6.46. The highest BCUT2D eigenvalue weighted by atomic mass is 35.5. The molecule has 0 radical (unpaired) electrons. The highest BCUT2D eigenvalue weighted by Gasteiger charge is 2.46. The maximum absolute atomic E-state index is 13.0. The van der Waals surface area contributed by atoms with Gasteiger partial charge in [0.1, 0.15) is 11.5 Å². The number of Topliss-reactive ketones (excluding diaryl/α,β-unsaturated/α-hetero) is 1. The number of rotatable bonds is 7. The number of aliphatic hydroxyl groups excluding tert-OH is 1. The second kappa shape index (κ2) is 9.35. The number of ether oxygens (including phenoxy) is 1. The van der Waals surface area contributed by atoms with E-state index in [0.29, 0.717) is 29.5 Å². The van der Waals surface area contributed by atoms with E-state index in [1.54, 1.807) is 23.1 Å². The Morgan fingerprint density at radius 3 is 2.57 bits per heavy atom. The van der Waals surface area contributed by atoms with Crippen LogP contribution in [0.3, 0.4) is 0 Å². The third kappa shape index (κ3) is 4.08. The molecule has 2 aromatic carbocycles. The lowest BCUT2D eigenvalue weighted by atomic mass is 9.92. The SMILES string of the molecule is CCCCN1C(=O)C(=O)/C(=C(/O)c2ccc(Cl)c(OCC)c2)C1c1ccccc1C. The Kier molecular flexibility index (Phi) is 6.83. The molecule has 0 bridgehead atoms. The Hall–Kier alpha value is -2.79. The third-order valence-electron chi connectivity index (χ3n) is 5.28. The molecule has 1 N–H and O–H groups in total. The van der Waals surface area contributed by atoms with Gasteiger partial charge in [-0.25, -0.2) is 0 Å². The molecule has 0 aliphatic carbocycles. The van der Waals surface area contributed by atoms with Crippen molar-refractivity contribution in [2.24, 2.45) is 0 Å². The summed E-state index contributed by atoms with van der Waals surface area (Å²) in [5.74, 6) is -1.07. The molecule has 6 heteroatoms. The van der Waals surface area contributed by atoms with Gasteiger partial charge in [-0.15, -0.1) is 0 Å². The number of hydrogen-bond acceptors (Lipinski definition) is 4. The normalized spacial score (nSPS) is 18.1. The summed E-state index contributed by atoms with van der Waals surface area (Å²) in [6.07, 6.45) is 1.66. The second-order valence-electron chi connectivity index (χ2n) is 7.28. The minimum atomic E-state index is -0.676. The Labute approximate surface area is 181 Å². The molecule has 1 atom stereocenters. The zero-order valence-corrected chi connectivity index (χ0v) is 18.2. The first-order valence-corrected chi connectivity index (χ1v) is 10.5. The molecule has 1 heterocycles. The number of aryl methyl sites for hydroxylation is 1. The first kappa shape index (κ1) is 21.9. The first-order valence-electron chi connectivity index (χ1n) is 10.2. The van der Waals surface area contributed by atoms with Crippen molar-refractivity contribution >= 4 is 29.1 Å². The summed E-state index contributed by atoms with van der Waals surface area (Å²) in [6, 6.07) is 11.8. The first-order chi connectivity index (χ1) is 14.4. The fourth-order valence-corrected chi connectivity index (χ4v) is 3.90. The van der Waals surface area contributed by atoms with Crippen molar-refractivity contribution in [1.29, 1.82) is 0 Å². The van der Waals surface area contributed by atoms with Crippen LogP contribution in [-0.4, -0.2) is 34.8 Å². The quantitative estimate of drug-likeness (QED) is 0.371. The van der Waals surface area contributed by atoms with Gasteiger partial charge < -0.3 is 14.7 Å². The van der Waals surface area contributed by atoms with E-state index < -0.39 is 17.7 Å². The van der Waals surface area contributed by atoms with E-state index in [4.69, 9.17) is 16.3 Å². The number of benzene rings is 2. The number of carbonyl (C=O) groups is 2. The number of carbonyl (C=O) groups excluding carboxylic acids is 2. The Morgan fingerprint density at radius 2 is 1.90 bits per heavy atom. The lowest BCUT2D eigenvalue weighted by Gasteiger charge is -2.26. The van der Waals surface area contributed by atoms with Gasteiger partial charge in [0.05, 0.1) is 23.2 Å². The van der Waals surface area contributed by atoms with Crippen LogP contribution in [0.1, 0.15) is 49.4 Å². The van der Waals surface area contributed by atoms with Crippen molar-refractivity contribution in [2.75, 3.05) is 13.2 Å². The molecule has 30 heavy (non-hydrogen) atoms. The molecule has 1 saturated heterocycles. The maximum atomic E-state index is 13.0. The molecule has 1 aliphatic rings. The molecule has 1 fully saturated rings. The van der Waals surface area contributed by atoms with E-state index in [-0.39, 0.29) is 11.3 Å². The summed E-state index contributed by atoms with van der Waals surface area (Å²) < 4.78 is 5.51. The van der Waals surface area contributed by atoms with Crippen LogP contribution in [0, 0.1) is 6.92 Å². The average Bonchev–Trinajstić information content (AvgIpc) is 2.98. The predicted molar refractivity (Wildman–Crippen MR) is 118 cm³/mol. The van der Waals surface area contributed by atoms with Crippen molar-refractivity contribution in [3.63, 3.8) is 0 Å². The summed E-state index contributed by atoms with van der Waals surface area (Å²) in [5, 5.41) is 11.5. The third-order valence-corrected chi connectivity index (χ3v) is 5.59. The highest BCUT2D eigenvalue weighted by Crippen LogP contribution is 2.41. The van der Waals surface area contributed by atoms with E-state index >= 15 is 0 Å². The molecule has 0 aromatic heterocycles. The summed E-state index contributed by atoms with van der Waals surface area (Å²) >= 11 is 6.16. The fraction of sp³-hybridized carbons (Fsp3) is 0.333. The van der Waals surface area contributed by atoms with Gasteiger partial charge in [0.15, 0.2) is 0 Å². The molecule has 2 aromatic rings. The number of aliphatic hydroxyl groups is 1. The van der Waals surface area contributed by atoms with Crippen LogP contribution >= 0.6 is 11.6 Å². The fourth-order valence-electron chi connectivity index (χ4n) is 3.73. The monoisotopic (exact) mass is 427 g/mol. The van der Waals surface area contributed by atoms with E-state index in [9.17, 15) is 14.7 Å². The van der Waals surface area contributed by atoms with Crippen LogP contribution in [0.5, 0.6) is 5.75 Å². The van der Waals surface area contributed by atoms with Crippen LogP contribution in [0.4, 0.5) is 0 Å². The number of likely N-dealkylation sites (tertiary alicyclic amines) is 1. The molecule has 0 saturated carbocycles. The molecule has 1 unspecified atom stereocenters. The van der Waals surface area contributed by atoms with Crippen LogP contribution in [0.2, 0.25) is 5.02 Å². The molecule has 158 valence electrons. The Bertz CT molecular complexity index is 998. The van der Waals surface area contributed by atoms with E-state index in [2.05, 4.69) is 0 Å². The molecular weight excluding hydrogens is 402 g/mol. The van der Waals surface area contributed by atoms with Crippen LogP contribution < -0.4 is 4.74 Å². The second-order valence-corrected chi connectivity index (χ2v) is 7.69. The van der Waals surface area contributed by atoms with Crippen molar-refractivity contribution < 1.29 is 19.4 Å².